The number of aromatic carboxylic acids is 1. The monoisotopic (exact) mass is 212 g/mol. The molecule has 4 nitrogen and oxygen atoms in total. The highest BCUT2D eigenvalue weighted by Gasteiger charge is 2.09. The van der Waals surface area contributed by atoms with Crippen molar-refractivity contribution in [3.8, 4) is 0 Å². The zero-order valence-electron chi connectivity index (χ0n) is 7.10. The summed E-state index contributed by atoms with van der Waals surface area (Å²) in [4.78, 5) is 21.5. The first-order valence-corrected chi connectivity index (χ1v) is 4.22. The van der Waals surface area contributed by atoms with Crippen molar-refractivity contribution in [2.75, 3.05) is 0 Å². The molecular weight excluding hydrogens is 204 g/mol. The first kappa shape index (κ1) is 10.6. The molecule has 0 radical (unpaired) electrons. The molecule has 0 saturated heterocycles. The lowest BCUT2D eigenvalue weighted by atomic mass is 10.1. The Morgan fingerprint density at radius 3 is 2.43 bits per heavy atom. The third kappa shape index (κ3) is 2.50. The van der Waals surface area contributed by atoms with E-state index in [-0.39, 0.29) is 12.0 Å². The summed E-state index contributed by atoms with van der Waals surface area (Å²) in [6.45, 7) is 0. The smallest absolute Gasteiger partial charge is 0.335 e. The number of rotatable bonds is 3. The van der Waals surface area contributed by atoms with Crippen LogP contribution in [0.2, 0.25) is 0 Å². The van der Waals surface area contributed by atoms with E-state index in [1.165, 1.54) is 18.2 Å². The van der Waals surface area contributed by atoms with Gasteiger partial charge in [0, 0.05) is 4.90 Å². The standard InChI is InChI=1S/C9H8O4S/c10-8(11)4-6-3-5(9(12)13)1-2-7(6)14/h1-3,14H,4H2,(H,10,11)(H,12,13). The van der Waals surface area contributed by atoms with Gasteiger partial charge in [-0.25, -0.2) is 4.79 Å². The first-order chi connectivity index (χ1) is 6.50. The minimum Gasteiger partial charge on any atom is -0.481 e. The van der Waals surface area contributed by atoms with Crippen LogP contribution in [0.4, 0.5) is 0 Å². The Morgan fingerprint density at radius 1 is 1.29 bits per heavy atom. The topological polar surface area (TPSA) is 74.6 Å². The molecule has 0 saturated carbocycles. The van der Waals surface area contributed by atoms with E-state index in [1.54, 1.807) is 0 Å². The fourth-order valence-corrected chi connectivity index (χ4v) is 1.24. The van der Waals surface area contributed by atoms with E-state index in [1.807, 2.05) is 0 Å². The van der Waals surface area contributed by atoms with Gasteiger partial charge in [0.1, 0.15) is 0 Å². The molecule has 0 spiro atoms. The van der Waals surface area contributed by atoms with Gasteiger partial charge in [0.15, 0.2) is 0 Å². The molecule has 0 bridgehead atoms. The molecule has 5 heteroatoms. The summed E-state index contributed by atoms with van der Waals surface area (Å²) in [6, 6.07) is 4.18. The molecule has 0 aliphatic carbocycles. The summed E-state index contributed by atoms with van der Waals surface area (Å²) in [7, 11) is 0. The van der Waals surface area contributed by atoms with E-state index < -0.39 is 11.9 Å². The van der Waals surface area contributed by atoms with E-state index in [0.29, 0.717) is 10.5 Å². The molecule has 1 aromatic carbocycles. The van der Waals surface area contributed by atoms with Crippen molar-refractivity contribution in [1.82, 2.24) is 0 Å². The fourth-order valence-electron chi connectivity index (χ4n) is 1.02. The number of carbonyl (C=O) groups is 2. The van der Waals surface area contributed by atoms with Gasteiger partial charge in [-0.3, -0.25) is 4.79 Å². The normalized spacial score (nSPS) is 9.79. The van der Waals surface area contributed by atoms with Crippen LogP contribution in [0.1, 0.15) is 15.9 Å². The number of hydrogen-bond acceptors (Lipinski definition) is 3. The summed E-state index contributed by atoms with van der Waals surface area (Å²) >= 11 is 4.03. The molecule has 0 heterocycles. The third-order valence-corrected chi connectivity index (χ3v) is 2.10. The van der Waals surface area contributed by atoms with Crippen LogP contribution in [0.15, 0.2) is 23.1 Å². The van der Waals surface area contributed by atoms with E-state index in [2.05, 4.69) is 12.6 Å². The van der Waals surface area contributed by atoms with Gasteiger partial charge in [-0.05, 0) is 23.8 Å². The van der Waals surface area contributed by atoms with Gasteiger partial charge in [0.2, 0.25) is 0 Å². The molecule has 0 amide bonds. The van der Waals surface area contributed by atoms with Crippen LogP contribution in [0.25, 0.3) is 0 Å². The third-order valence-electron chi connectivity index (χ3n) is 1.67. The second-order valence-corrected chi connectivity index (χ2v) is 3.20. The molecule has 0 aliphatic rings. The van der Waals surface area contributed by atoms with Gasteiger partial charge in [-0.1, -0.05) is 0 Å². The molecule has 0 atom stereocenters. The van der Waals surface area contributed by atoms with Crippen molar-refractivity contribution < 1.29 is 19.8 Å². The Hall–Kier alpha value is -1.49. The summed E-state index contributed by atoms with van der Waals surface area (Å²) in [5.74, 6) is -2.09. The average molecular weight is 212 g/mol. The number of thiol groups is 1. The Morgan fingerprint density at radius 2 is 1.93 bits per heavy atom. The lowest BCUT2D eigenvalue weighted by molar-refractivity contribution is -0.136. The zero-order chi connectivity index (χ0) is 10.7. The number of aliphatic carboxylic acids is 1. The molecular formula is C9H8O4S. The van der Waals surface area contributed by atoms with Crippen LogP contribution in [-0.2, 0) is 11.2 Å². The van der Waals surface area contributed by atoms with E-state index in [4.69, 9.17) is 10.2 Å². The van der Waals surface area contributed by atoms with Crippen LogP contribution in [-0.4, -0.2) is 22.2 Å². The molecule has 0 fully saturated rings. The molecule has 2 N–H and O–H groups in total. The van der Waals surface area contributed by atoms with Crippen molar-refractivity contribution in [2.24, 2.45) is 0 Å². The predicted octanol–water partition coefficient (Wildman–Crippen LogP) is 1.30. The highest BCUT2D eigenvalue weighted by molar-refractivity contribution is 7.80. The summed E-state index contributed by atoms with van der Waals surface area (Å²) < 4.78 is 0. The lowest BCUT2D eigenvalue weighted by Crippen LogP contribution is -2.03. The number of hydrogen-bond donors (Lipinski definition) is 3. The second kappa shape index (κ2) is 4.15. The Kier molecular flexibility index (Phi) is 3.14. The van der Waals surface area contributed by atoms with Crippen molar-refractivity contribution in [3.05, 3.63) is 29.3 Å². The molecule has 0 unspecified atom stereocenters. The summed E-state index contributed by atoms with van der Waals surface area (Å²) in [6.07, 6.45) is -0.222. The maximum atomic E-state index is 10.6. The maximum absolute atomic E-state index is 10.6. The molecule has 14 heavy (non-hydrogen) atoms. The van der Waals surface area contributed by atoms with Crippen LogP contribution in [0.3, 0.4) is 0 Å². The Labute approximate surface area is 85.6 Å². The average Bonchev–Trinajstić information content (AvgIpc) is 2.07. The number of carboxylic acid groups (broad SMARTS) is 2. The summed E-state index contributed by atoms with van der Waals surface area (Å²) in [5, 5.41) is 17.2. The van der Waals surface area contributed by atoms with Crippen molar-refractivity contribution in [2.45, 2.75) is 11.3 Å². The van der Waals surface area contributed by atoms with E-state index in [9.17, 15) is 9.59 Å². The minimum atomic E-state index is -1.08. The molecule has 1 aromatic rings. The number of benzene rings is 1. The molecule has 1 rings (SSSR count). The van der Waals surface area contributed by atoms with Crippen LogP contribution in [0, 0.1) is 0 Å². The van der Waals surface area contributed by atoms with Crippen molar-refractivity contribution >= 4 is 24.6 Å². The summed E-state index contributed by atoms with van der Waals surface area (Å²) in [5.41, 5.74) is 0.472. The van der Waals surface area contributed by atoms with Crippen LogP contribution < -0.4 is 0 Å². The predicted molar refractivity (Wildman–Crippen MR) is 52.0 cm³/mol. The van der Waals surface area contributed by atoms with E-state index in [0.717, 1.165) is 0 Å². The Bertz CT molecular complexity index is 386. The first-order valence-electron chi connectivity index (χ1n) is 3.77. The van der Waals surface area contributed by atoms with Gasteiger partial charge in [-0.15, -0.1) is 12.6 Å². The SMILES string of the molecule is O=C(O)Cc1cc(C(=O)O)ccc1S. The van der Waals surface area contributed by atoms with Crippen LogP contribution >= 0.6 is 12.6 Å². The number of carboxylic acids is 2. The maximum Gasteiger partial charge on any atom is 0.335 e. The largest absolute Gasteiger partial charge is 0.481 e. The van der Waals surface area contributed by atoms with E-state index >= 15 is 0 Å². The Balaban J connectivity index is 3.08. The van der Waals surface area contributed by atoms with Gasteiger partial charge >= 0.3 is 11.9 Å². The fraction of sp³-hybridized carbons (Fsp3) is 0.111. The van der Waals surface area contributed by atoms with Gasteiger partial charge < -0.3 is 10.2 Å². The quantitative estimate of drug-likeness (QED) is 0.660. The minimum absolute atomic E-state index is 0.0686. The zero-order valence-corrected chi connectivity index (χ0v) is 7.99. The molecule has 0 aromatic heterocycles. The highest BCUT2D eigenvalue weighted by Crippen LogP contribution is 2.16. The lowest BCUT2D eigenvalue weighted by Gasteiger charge is -2.03. The highest BCUT2D eigenvalue weighted by atomic mass is 32.1. The van der Waals surface area contributed by atoms with Crippen LogP contribution in [0.5, 0.6) is 0 Å². The molecule has 74 valence electrons. The van der Waals surface area contributed by atoms with Gasteiger partial charge in [0.25, 0.3) is 0 Å². The van der Waals surface area contributed by atoms with Crippen molar-refractivity contribution in [3.63, 3.8) is 0 Å². The molecule has 0 aliphatic heterocycles. The van der Waals surface area contributed by atoms with Gasteiger partial charge in [-0.2, -0.15) is 0 Å². The van der Waals surface area contributed by atoms with Gasteiger partial charge in [0.05, 0.1) is 12.0 Å². The van der Waals surface area contributed by atoms with Crippen molar-refractivity contribution in [1.29, 1.82) is 0 Å². The second-order valence-electron chi connectivity index (χ2n) is 2.72.